The topological polar surface area (TPSA) is 139 Å². The summed E-state index contributed by atoms with van der Waals surface area (Å²) >= 11 is 1.19. The molecule has 3 N–H and O–H groups in total. The number of rotatable bonds is 10. The maximum atomic E-state index is 13.2. The number of carbonyl (C=O) groups is 2. The van der Waals surface area contributed by atoms with Crippen LogP contribution in [-0.4, -0.2) is 49.9 Å². The second-order valence-electron chi connectivity index (χ2n) is 8.19. The molecule has 4 aromatic rings. The van der Waals surface area contributed by atoms with Crippen LogP contribution in [0.3, 0.4) is 0 Å². The van der Waals surface area contributed by atoms with Crippen molar-refractivity contribution in [2.75, 3.05) is 19.0 Å². The Hall–Kier alpha value is -4.13. The summed E-state index contributed by atoms with van der Waals surface area (Å²) in [7, 11) is -2.50. The van der Waals surface area contributed by atoms with Crippen molar-refractivity contribution >= 4 is 38.3 Å². The molecule has 0 bridgehead atoms. The van der Waals surface area contributed by atoms with Crippen molar-refractivity contribution < 1.29 is 22.7 Å². The molecule has 0 aliphatic carbocycles. The number of ether oxygens (including phenoxy) is 1. The van der Waals surface area contributed by atoms with Crippen molar-refractivity contribution in [1.29, 1.82) is 0 Å². The van der Waals surface area contributed by atoms with Crippen molar-refractivity contribution in [3.8, 4) is 17.0 Å². The van der Waals surface area contributed by atoms with Crippen molar-refractivity contribution in [3.05, 3.63) is 89.6 Å². The zero-order chi connectivity index (χ0) is 27.1. The summed E-state index contributed by atoms with van der Waals surface area (Å²) in [4.78, 5) is 34.1. The molecule has 1 atom stereocenters. The summed E-state index contributed by atoms with van der Waals surface area (Å²) in [6.45, 7) is 1.53. The molecular formula is C26H25N5O5S2. The van der Waals surface area contributed by atoms with Crippen LogP contribution < -0.4 is 20.1 Å². The van der Waals surface area contributed by atoms with Gasteiger partial charge in [-0.3, -0.25) is 14.6 Å². The van der Waals surface area contributed by atoms with Gasteiger partial charge in [-0.05, 0) is 55.5 Å². The Bertz CT molecular complexity index is 1510. The number of pyridine rings is 1. The minimum Gasteiger partial charge on any atom is -0.497 e. The van der Waals surface area contributed by atoms with Crippen LogP contribution in [0.15, 0.2) is 83.3 Å². The van der Waals surface area contributed by atoms with Crippen LogP contribution in [0.25, 0.3) is 11.3 Å². The number of aryl methyl sites for hydroxylation is 1. The third kappa shape index (κ3) is 6.79. The summed E-state index contributed by atoms with van der Waals surface area (Å²) in [6.07, 6.45) is 2.90. The summed E-state index contributed by atoms with van der Waals surface area (Å²) < 4.78 is 33.6. The highest BCUT2D eigenvalue weighted by molar-refractivity contribution is 7.89. The van der Waals surface area contributed by atoms with Gasteiger partial charge in [0.05, 0.1) is 23.3 Å². The van der Waals surface area contributed by atoms with Crippen LogP contribution in [0.5, 0.6) is 5.75 Å². The summed E-state index contributed by atoms with van der Waals surface area (Å²) in [5.41, 5.74) is 2.62. The fourth-order valence-corrected chi connectivity index (χ4v) is 5.29. The molecule has 2 amide bonds. The van der Waals surface area contributed by atoms with E-state index in [2.05, 4.69) is 25.3 Å². The lowest BCUT2D eigenvalue weighted by atomic mass is 10.2. The third-order valence-electron chi connectivity index (χ3n) is 5.46. The van der Waals surface area contributed by atoms with Crippen LogP contribution in [-0.2, 0) is 14.8 Å². The van der Waals surface area contributed by atoms with E-state index in [4.69, 9.17) is 4.74 Å². The zero-order valence-electron chi connectivity index (χ0n) is 20.5. The van der Waals surface area contributed by atoms with Crippen LogP contribution in [0.4, 0.5) is 5.13 Å². The number of nitrogens with one attached hydrogen (secondary N) is 3. The smallest absolute Gasteiger partial charge is 0.252 e. The predicted molar refractivity (Wildman–Crippen MR) is 145 cm³/mol. The highest BCUT2D eigenvalue weighted by Gasteiger charge is 2.27. The second kappa shape index (κ2) is 11.9. The minimum atomic E-state index is -4.07. The van der Waals surface area contributed by atoms with Crippen molar-refractivity contribution in [2.45, 2.75) is 17.9 Å². The molecule has 0 fully saturated rings. The van der Waals surface area contributed by atoms with Crippen LogP contribution >= 0.6 is 11.3 Å². The third-order valence-corrected chi connectivity index (χ3v) is 7.70. The number of anilines is 1. The van der Waals surface area contributed by atoms with E-state index in [0.29, 0.717) is 11.4 Å². The molecule has 0 aliphatic rings. The largest absolute Gasteiger partial charge is 0.497 e. The number of benzene rings is 2. The minimum absolute atomic E-state index is 0.00414. The van der Waals surface area contributed by atoms with Gasteiger partial charge < -0.3 is 15.4 Å². The number of thiazole rings is 1. The van der Waals surface area contributed by atoms with Crippen LogP contribution in [0, 0.1) is 6.92 Å². The maximum absolute atomic E-state index is 13.2. The SMILES string of the molecule is COc1ccc(-c2csc(NC(=O)[C@H](CNC(=O)c3cccnc3)NS(=O)(=O)c3ccc(C)cc3)n2)cc1. The first kappa shape index (κ1) is 26.9. The van der Waals surface area contributed by atoms with Gasteiger partial charge in [0.1, 0.15) is 11.8 Å². The Morgan fingerprint density at radius 1 is 1.05 bits per heavy atom. The van der Waals surface area contributed by atoms with Gasteiger partial charge in [-0.25, -0.2) is 13.4 Å². The van der Waals surface area contributed by atoms with Crippen molar-refractivity contribution in [3.63, 3.8) is 0 Å². The van der Waals surface area contributed by atoms with Gasteiger partial charge >= 0.3 is 0 Å². The number of hydrogen-bond acceptors (Lipinski definition) is 8. The monoisotopic (exact) mass is 551 g/mol. The lowest BCUT2D eigenvalue weighted by Gasteiger charge is -2.18. The highest BCUT2D eigenvalue weighted by Crippen LogP contribution is 2.26. The lowest BCUT2D eigenvalue weighted by Crippen LogP contribution is -2.50. The number of methoxy groups -OCH3 is 1. The molecule has 0 aliphatic heterocycles. The Morgan fingerprint density at radius 2 is 1.79 bits per heavy atom. The molecule has 0 spiro atoms. The number of sulfonamides is 1. The number of aromatic nitrogens is 2. The molecule has 2 aromatic heterocycles. The van der Waals surface area contributed by atoms with Gasteiger partial charge in [-0.1, -0.05) is 17.7 Å². The zero-order valence-corrected chi connectivity index (χ0v) is 22.2. The number of carbonyl (C=O) groups excluding carboxylic acids is 2. The summed E-state index contributed by atoms with van der Waals surface area (Å²) in [5, 5.41) is 7.30. The quantitative estimate of drug-likeness (QED) is 0.275. The molecule has 0 radical (unpaired) electrons. The van der Waals surface area contributed by atoms with E-state index in [1.807, 2.05) is 19.1 Å². The molecular weight excluding hydrogens is 526 g/mol. The van der Waals surface area contributed by atoms with Gasteiger partial charge in [-0.2, -0.15) is 4.72 Å². The highest BCUT2D eigenvalue weighted by atomic mass is 32.2. The second-order valence-corrected chi connectivity index (χ2v) is 10.8. The molecule has 2 aromatic carbocycles. The van der Waals surface area contributed by atoms with E-state index >= 15 is 0 Å². The van der Waals surface area contributed by atoms with Crippen LogP contribution in [0.1, 0.15) is 15.9 Å². The molecule has 4 rings (SSSR count). The summed E-state index contributed by atoms with van der Waals surface area (Å²) in [5.74, 6) is -0.473. The first-order valence-electron chi connectivity index (χ1n) is 11.4. The molecule has 10 nitrogen and oxygen atoms in total. The molecule has 0 unspecified atom stereocenters. The Kier molecular flexibility index (Phi) is 8.46. The number of hydrogen-bond donors (Lipinski definition) is 3. The maximum Gasteiger partial charge on any atom is 0.252 e. The van der Waals surface area contributed by atoms with E-state index in [1.54, 1.807) is 48.9 Å². The first-order chi connectivity index (χ1) is 18.2. The van der Waals surface area contributed by atoms with E-state index in [0.717, 1.165) is 11.1 Å². The number of nitrogens with zero attached hydrogens (tertiary/aromatic N) is 2. The van der Waals surface area contributed by atoms with Crippen LogP contribution in [0.2, 0.25) is 0 Å². The molecule has 2 heterocycles. The van der Waals surface area contributed by atoms with E-state index in [-0.39, 0.29) is 22.1 Å². The van der Waals surface area contributed by atoms with Gasteiger partial charge in [0, 0.05) is 29.9 Å². The van der Waals surface area contributed by atoms with E-state index in [1.165, 1.54) is 35.9 Å². The van der Waals surface area contributed by atoms with Gasteiger partial charge in [0.25, 0.3) is 5.91 Å². The standard InChI is InChI=1S/C26H25N5O5S2/c1-17-5-11-21(12-6-17)38(34,35)31-22(15-28-24(32)19-4-3-13-27-14-19)25(33)30-26-29-23(16-37-26)18-7-9-20(36-2)10-8-18/h3-14,16,22,31H,15H2,1-2H3,(H,28,32)(H,29,30,33)/t22-/m0/s1. The lowest BCUT2D eigenvalue weighted by molar-refractivity contribution is -0.117. The van der Waals surface area contributed by atoms with E-state index < -0.39 is 27.9 Å². The number of amides is 2. The van der Waals surface area contributed by atoms with Gasteiger partial charge in [-0.15, -0.1) is 11.3 Å². The Balaban J connectivity index is 1.51. The predicted octanol–water partition coefficient (Wildman–Crippen LogP) is 3.24. The van der Waals surface area contributed by atoms with E-state index in [9.17, 15) is 18.0 Å². The molecule has 12 heteroatoms. The average molecular weight is 552 g/mol. The molecule has 0 saturated carbocycles. The Labute approximate surface area is 224 Å². The van der Waals surface area contributed by atoms with Crippen molar-refractivity contribution in [1.82, 2.24) is 20.0 Å². The normalized spacial score (nSPS) is 11.9. The van der Waals surface area contributed by atoms with Gasteiger partial charge in [0.15, 0.2) is 5.13 Å². The first-order valence-corrected chi connectivity index (χ1v) is 13.8. The molecule has 0 saturated heterocycles. The van der Waals surface area contributed by atoms with Crippen molar-refractivity contribution in [2.24, 2.45) is 0 Å². The Morgan fingerprint density at radius 3 is 2.45 bits per heavy atom. The van der Waals surface area contributed by atoms with Gasteiger partial charge in [0.2, 0.25) is 15.9 Å². The average Bonchev–Trinajstić information content (AvgIpc) is 3.40. The fraction of sp³-hybridized carbons (Fsp3) is 0.154. The fourth-order valence-electron chi connectivity index (χ4n) is 3.37. The molecule has 196 valence electrons. The summed E-state index contributed by atoms with van der Waals surface area (Å²) in [6, 6.07) is 15.3. The molecule has 38 heavy (non-hydrogen) atoms.